The van der Waals surface area contributed by atoms with E-state index in [0.717, 1.165) is 36.6 Å². The molecule has 19 heavy (non-hydrogen) atoms. The molecule has 0 amide bonds. The fourth-order valence-electron chi connectivity index (χ4n) is 2.55. The van der Waals surface area contributed by atoms with Crippen LogP contribution in [0.2, 0.25) is 0 Å². The van der Waals surface area contributed by atoms with Crippen LogP contribution in [0, 0.1) is 0 Å². The molecule has 5 nitrogen and oxygen atoms in total. The van der Waals surface area contributed by atoms with E-state index in [1.54, 1.807) is 14.2 Å². The van der Waals surface area contributed by atoms with Gasteiger partial charge in [0, 0.05) is 36.5 Å². The van der Waals surface area contributed by atoms with Crippen LogP contribution >= 0.6 is 0 Å². The summed E-state index contributed by atoms with van der Waals surface area (Å²) in [5, 5.41) is 8.96. The summed E-state index contributed by atoms with van der Waals surface area (Å²) in [6, 6.07) is 5.70. The molecular weight excluding hydrogens is 246 g/mol. The Morgan fingerprint density at radius 1 is 1.32 bits per heavy atom. The Bertz CT molecular complexity index is 439. The molecule has 0 bridgehead atoms. The van der Waals surface area contributed by atoms with Gasteiger partial charge in [-0.25, -0.2) is 0 Å². The zero-order valence-corrected chi connectivity index (χ0v) is 11.3. The lowest BCUT2D eigenvalue weighted by atomic mass is 10.1. The number of hydrogen-bond acceptors (Lipinski definition) is 4. The van der Waals surface area contributed by atoms with E-state index < -0.39 is 5.97 Å². The summed E-state index contributed by atoms with van der Waals surface area (Å²) in [4.78, 5) is 13.0. The normalized spacial score (nSPS) is 18.4. The van der Waals surface area contributed by atoms with E-state index in [0.29, 0.717) is 0 Å². The van der Waals surface area contributed by atoms with E-state index in [4.69, 9.17) is 14.6 Å². The molecule has 0 radical (unpaired) electrons. The fraction of sp³-hybridized carbons (Fsp3) is 0.500. The van der Waals surface area contributed by atoms with Gasteiger partial charge in [-0.1, -0.05) is 0 Å². The van der Waals surface area contributed by atoms with Crippen molar-refractivity contribution in [3.05, 3.63) is 18.2 Å². The van der Waals surface area contributed by atoms with E-state index in [1.165, 1.54) is 0 Å². The molecule has 1 N–H and O–H groups in total. The van der Waals surface area contributed by atoms with Crippen molar-refractivity contribution in [1.82, 2.24) is 0 Å². The van der Waals surface area contributed by atoms with Crippen LogP contribution in [0.15, 0.2) is 18.2 Å². The standard InChI is InChI=1S/C14H19NO4/c1-18-12-6-11(7-13(9-12)19-2)15-5-3-4-10(15)8-14(16)17/h6-7,9-10H,3-5,8H2,1-2H3,(H,16,17). The molecule has 2 rings (SSSR count). The van der Waals surface area contributed by atoms with Crippen molar-refractivity contribution in [2.75, 3.05) is 25.7 Å². The molecule has 1 fully saturated rings. The molecule has 1 atom stereocenters. The topological polar surface area (TPSA) is 59.0 Å². The largest absolute Gasteiger partial charge is 0.497 e. The summed E-state index contributed by atoms with van der Waals surface area (Å²) >= 11 is 0. The van der Waals surface area contributed by atoms with Gasteiger partial charge in [-0.05, 0) is 12.8 Å². The highest BCUT2D eigenvalue weighted by Gasteiger charge is 2.27. The number of methoxy groups -OCH3 is 2. The zero-order chi connectivity index (χ0) is 13.8. The SMILES string of the molecule is COc1cc(OC)cc(N2CCCC2CC(=O)O)c1. The molecular formula is C14H19NO4. The molecule has 1 aromatic carbocycles. The molecule has 1 aromatic rings. The van der Waals surface area contributed by atoms with Gasteiger partial charge in [0.25, 0.3) is 0 Å². The number of benzene rings is 1. The maximum Gasteiger partial charge on any atom is 0.305 e. The lowest BCUT2D eigenvalue weighted by Gasteiger charge is -2.26. The number of rotatable bonds is 5. The molecule has 104 valence electrons. The summed E-state index contributed by atoms with van der Waals surface area (Å²) in [6.45, 7) is 0.869. The summed E-state index contributed by atoms with van der Waals surface area (Å²) < 4.78 is 10.5. The maximum atomic E-state index is 10.9. The first-order valence-electron chi connectivity index (χ1n) is 6.35. The first-order chi connectivity index (χ1) is 9.13. The molecule has 0 saturated carbocycles. The summed E-state index contributed by atoms with van der Waals surface area (Å²) in [5.74, 6) is 0.678. The van der Waals surface area contributed by atoms with Crippen LogP contribution in [0.4, 0.5) is 5.69 Å². The van der Waals surface area contributed by atoms with Crippen molar-refractivity contribution >= 4 is 11.7 Å². The highest BCUT2D eigenvalue weighted by atomic mass is 16.5. The Kier molecular flexibility index (Phi) is 4.14. The number of hydrogen-bond donors (Lipinski definition) is 1. The molecule has 1 saturated heterocycles. The minimum Gasteiger partial charge on any atom is -0.497 e. The van der Waals surface area contributed by atoms with Crippen LogP contribution < -0.4 is 14.4 Å². The van der Waals surface area contributed by atoms with Gasteiger partial charge in [-0.3, -0.25) is 4.79 Å². The number of ether oxygens (including phenoxy) is 2. The number of anilines is 1. The number of carboxylic acids is 1. The third-order valence-corrected chi connectivity index (χ3v) is 3.46. The molecule has 1 unspecified atom stereocenters. The van der Waals surface area contributed by atoms with Gasteiger partial charge in [0.15, 0.2) is 0 Å². The smallest absolute Gasteiger partial charge is 0.305 e. The predicted octanol–water partition coefficient (Wildman–Crippen LogP) is 2.15. The average Bonchev–Trinajstić information content (AvgIpc) is 2.85. The van der Waals surface area contributed by atoms with Gasteiger partial charge in [0.1, 0.15) is 11.5 Å². The Morgan fingerprint density at radius 3 is 2.47 bits per heavy atom. The van der Waals surface area contributed by atoms with Crippen LogP contribution in [-0.4, -0.2) is 37.9 Å². The van der Waals surface area contributed by atoms with Crippen molar-refractivity contribution in [2.24, 2.45) is 0 Å². The van der Waals surface area contributed by atoms with E-state index >= 15 is 0 Å². The predicted molar refractivity (Wildman–Crippen MR) is 72.2 cm³/mol. The molecule has 1 aliphatic rings. The van der Waals surface area contributed by atoms with Crippen LogP contribution in [-0.2, 0) is 4.79 Å². The number of aliphatic carboxylic acids is 1. The second-order valence-electron chi connectivity index (χ2n) is 4.66. The maximum absolute atomic E-state index is 10.9. The lowest BCUT2D eigenvalue weighted by molar-refractivity contribution is -0.137. The van der Waals surface area contributed by atoms with E-state index in [1.807, 2.05) is 18.2 Å². The molecule has 5 heteroatoms. The molecule has 0 spiro atoms. The first-order valence-corrected chi connectivity index (χ1v) is 6.35. The van der Waals surface area contributed by atoms with Crippen molar-refractivity contribution in [3.63, 3.8) is 0 Å². The van der Waals surface area contributed by atoms with Crippen LogP contribution in [0.25, 0.3) is 0 Å². The second kappa shape index (κ2) is 5.82. The molecule has 0 aliphatic carbocycles. The van der Waals surface area contributed by atoms with Crippen LogP contribution in [0.3, 0.4) is 0 Å². The average molecular weight is 265 g/mol. The number of carboxylic acid groups (broad SMARTS) is 1. The van der Waals surface area contributed by atoms with Crippen molar-refractivity contribution < 1.29 is 19.4 Å². The van der Waals surface area contributed by atoms with Crippen molar-refractivity contribution in [2.45, 2.75) is 25.3 Å². The Hall–Kier alpha value is -1.91. The third-order valence-electron chi connectivity index (χ3n) is 3.46. The number of carbonyl (C=O) groups is 1. The van der Waals surface area contributed by atoms with Crippen LogP contribution in [0.5, 0.6) is 11.5 Å². The Morgan fingerprint density at radius 2 is 1.95 bits per heavy atom. The summed E-state index contributed by atoms with van der Waals surface area (Å²) in [5.41, 5.74) is 0.958. The molecule has 1 heterocycles. The van der Waals surface area contributed by atoms with Gasteiger partial charge in [0.2, 0.25) is 0 Å². The van der Waals surface area contributed by atoms with Gasteiger partial charge >= 0.3 is 5.97 Å². The van der Waals surface area contributed by atoms with Gasteiger partial charge in [-0.2, -0.15) is 0 Å². The van der Waals surface area contributed by atoms with E-state index in [-0.39, 0.29) is 12.5 Å². The molecule has 1 aliphatic heterocycles. The summed E-state index contributed by atoms with van der Waals surface area (Å²) in [6.07, 6.45) is 2.09. The second-order valence-corrected chi connectivity index (χ2v) is 4.66. The summed E-state index contributed by atoms with van der Waals surface area (Å²) in [7, 11) is 3.22. The Balaban J connectivity index is 2.26. The van der Waals surface area contributed by atoms with Gasteiger partial charge < -0.3 is 19.5 Å². The van der Waals surface area contributed by atoms with Crippen molar-refractivity contribution in [1.29, 1.82) is 0 Å². The Labute approximate surface area is 112 Å². The minimum atomic E-state index is -0.758. The third kappa shape index (κ3) is 3.10. The monoisotopic (exact) mass is 265 g/mol. The van der Waals surface area contributed by atoms with Crippen LogP contribution in [0.1, 0.15) is 19.3 Å². The highest BCUT2D eigenvalue weighted by molar-refractivity contribution is 5.69. The van der Waals surface area contributed by atoms with E-state index in [9.17, 15) is 4.79 Å². The fourth-order valence-corrected chi connectivity index (χ4v) is 2.55. The lowest BCUT2D eigenvalue weighted by Crippen LogP contribution is -2.31. The first kappa shape index (κ1) is 13.5. The minimum absolute atomic E-state index is 0.0503. The van der Waals surface area contributed by atoms with Gasteiger partial charge in [0.05, 0.1) is 20.6 Å². The zero-order valence-electron chi connectivity index (χ0n) is 11.3. The number of nitrogens with zero attached hydrogens (tertiary/aromatic N) is 1. The highest BCUT2D eigenvalue weighted by Crippen LogP contribution is 2.33. The molecule has 0 aromatic heterocycles. The van der Waals surface area contributed by atoms with E-state index in [2.05, 4.69) is 4.90 Å². The van der Waals surface area contributed by atoms with Gasteiger partial charge in [-0.15, -0.1) is 0 Å². The van der Waals surface area contributed by atoms with Crippen molar-refractivity contribution in [3.8, 4) is 11.5 Å². The quantitative estimate of drug-likeness (QED) is 0.884.